The topological polar surface area (TPSA) is 69.6 Å². The molecule has 2 fully saturated rings. The predicted molar refractivity (Wildman–Crippen MR) is 71.9 cm³/mol. The number of likely N-dealkylation sites (tertiary alicyclic amines) is 1. The molecule has 1 saturated carbocycles. The summed E-state index contributed by atoms with van der Waals surface area (Å²) in [6, 6.07) is -0.291. The number of rotatable bonds is 4. The molecule has 1 saturated heterocycles. The molecule has 2 rings (SSSR count). The number of amides is 2. The van der Waals surface area contributed by atoms with Crippen LogP contribution in [0.15, 0.2) is 0 Å². The van der Waals surface area contributed by atoms with Crippen LogP contribution in [0.5, 0.6) is 0 Å². The third-order valence-electron chi connectivity index (χ3n) is 4.08. The molecule has 0 radical (unpaired) electrons. The first-order valence-corrected chi connectivity index (χ1v) is 7.15. The van der Waals surface area contributed by atoms with Gasteiger partial charge in [0.15, 0.2) is 0 Å². The van der Waals surface area contributed by atoms with Gasteiger partial charge in [0.2, 0.25) is 0 Å². The zero-order valence-corrected chi connectivity index (χ0v) is 11.8. The Kier molecular flexibility index (Phi) is 4.02. The van der Waals surface area contributed by atoms with Crippen molar-refractivity contribution in [1.29, 1.82) is 0 Å². The lowest BCUT2D eigenvalue weighted by Gasteiger charge is -2.38. The zero-order chi connectivity index (χ0) is 14.0. The van der Waals surface area contributed by atoms with Crippen molar-refractivity contribution in [3.63, 3.8) is 0 Å². The fourth-order valence-corrected chi connectivity index (χ4v) is 2.87. The van der Waals surface area contributed by atoms with Crippen molar-refractivity contribution >= 4 is 12.0 Å². The maximum Gasteiger partial charge on any atom is 0.317 e. The number of carboxylic acids is 1. The van der Waals surface area contributed by atoms with Crippen molar-refractivity contribution in [2.75, 3.05) is 13.1 Å². The van der Waals surface area contributed by atoms with Crippen LogP contribution in [-0.2, 0) is 4.79 Å². The van der Waals surface area contributed by atoms with E-state index in [0.717, 1.165) is 38.8 Å². The van der Waals surface area contributed by atoms with Crippen molar-refractivity contribution < 1.29 is 14.7 Å². The summed E-state index contributed by atoms with van der Waals surface area (Å²) in [6.07, 6.45) is 4.26. The number of carbonyl (C=O) groups excluding carboxylic acids is 1. The minimum absolute atomic E-state index is 0.0354. The molecule has 0 spiro atoms. The number of nitrogens with one attached hydrogen (secondary N) is 1. The van der Waals surface area contributed by atoms with E-state index in [1.54, 1.807) is 0 Å². The highest BCUT2D eigenvalue weighted by atomic mass is 16.4. The van der Waals surface area contributed by atoms with E-state index in [-0.39, 0.29) is 23.9 Å². The van der Waals surface area contributed by atoms with Crippen molar-refractivity contribution in [1.82, 2.24) is 10.2 Å². The Labute approximate surface area is 114 Å². The standard InChI is InChI=1S/C14H24N2O3/c1-14(2)6-3-7-16(9-14)13(19)15-11(8-12(17)18)10-4-5-10/h10-11H,3-9H2,1-2H3,(H,15,19)(H,17,18). The van der Waals surface area contributed by atoms with Gasteiger partial charge < -0.3 is 15.3 Å². The molecular formula is C14H24N2O3. The van der Waals surface area contributed by atoms with Crippen LogP contribution in [0.4, 0.5) is 4.79 Å². The highest BCUT2D eigenvalue weighted by Gasteiger charge is 2.36. The van der Waals surface area contributed by atoms with Gasteiger partial charge in [-0.25, -0.2) is 4.79 Å². The van der Waals surface area contributed by atoms with E-state index in [1.165, 1.54) is 0 Å². The normalized spacial score (nSPS) is 23.8. The van der Waals surface area contributed by atoms with Gasteiger partial charge in [0, 0.05) is 19.1 Å². The van der Waals surface area contributed by atoms with Crippen LogP contribution in [0.2, 0.25) is 0 Å². The molecular weight excluding hydrogens is 244 g/mol. The van der Waals surface area contributed by atoms with Crippen LogP contribution in [-0.4, -0.2) is 41.1 Å². The SMILES string of the molecule is CC1(C)CCCN(C(=O)NC(CC(=O)O)C2CC2)C1. The fraction of sp³-hybridized carbons (Fsp3) is 0.857. The Bertz CT molecular complexity index is 364. The third-order valence-corrected chi connectivity index (χ3v) is 4.08. The molecule has 0 aromatic heterocycles. The Morgan fingerprint density at radius 1 is 1.42 bits per heavy atom. The number of urea groups is 1. The van der Waals surface area contributed by atoms with Crippen molar-refractivity contribution in [2.45, 2.75) is 52.0 Å². The first-order chi connectivity index (χ1) is 8.87. The van der Waals surface area contributed by atoms with Gasteiger partial charge in [-0.15, -0.1) is 0 Å². The smallest absolute Gasteiger partial charge is 0.317 e. The summed E-state index contributed by atoms with van der Waals surface area (Å²) in [6.45, 7) is 5.87. The van der Waals surface area contributed by atoms with E-state index in [2.05, 4.69) is 19.2 Å². The molecule has 1 atom stereocenters. The molecule has 0 bridgehead atoms. The van der Waals surface area contributed by atoms with Gasteiger partial charge in [-0.3, -0.25) is 4.79 Å². The zero-order valence-electron chi connectivity index (χ0n) is 11.8. The van der Waals surface area contributed by atoms with Crippen molar-refractivity contribution in [3.8, 4) is 0 Å². The summed E-state index contributed by atoms with van der Waals surface area (Å²) in [5, 5.41) is 11.8. The van der Waals surface area contributed by atoms with Gasteiger partial charge in [0.1, 0.15) is 0 Å². The number of nitrogens with zero attached hydrogens (tertiary/aromatic N) is 1. The fourth-order valence-electron chi connectivity index (χ4n) is 2.87. The van der Waals surface area contributed by atoms with Crippen molar-refractivity contribution in [3.05, 3.63) is 0 Å². The summed E-state index contributed by atoms with van der Waals surface area (Å²) >= 11 is 0. The molecule has 2 aliphatic rings. The van der Waals surface area contributed by atoms with Crippen LogP contribution in [0.25, 0.3) is 0 Å². The Morgan fingerprint density at radius 2 is 2.11 bits per heavy atom. The van der Waals surface area contributed by atoms with Crippen molar-refractivity contribution in [2.24, 2.45) is 11.3 Å². The van der Waals surface area contributed by atoms with Crippen LogP contribution in [0.1, 0.15) is 46.0 Å². The summed E-state index contributed by atoms with van der Waals surface area (Å²) in [5.74, 6) is -0.478. The lowest BCUT2D eigenvalue weighted by atomic mass is 9.84. The number of aliphatic carboxylic acids is 1. The van der Waals surface area contributed by atoms with E-state index < -0.39 is 5.97 Å². The Morgan fingerprint density at radius 3 is 2.63 bits per heavy atom. The molecule has 0 aromatic rings. The number of piperidine rings is 1. The molecule has 5 nitrogen and oxygen atoms in total. The second-order valence-corrected chi connectivity index (χ2v) is 6.68. The minimum Gasteiger partial charge on any atom is -0.481 e. The van der Waals surface area contributed by atoms with E-state index in [0.29, 0.717) is 5.92 Å². The molecule has 5 heteroatoms. The molecule has 2 amide bonds. The quantitative estimate of drug-likeness (QED) is 0.820. The number of hydrogen-bond donors (Lipinski definition) is 2. The summed E-state index contributed by atoms with van der Waals surface area (Å²) in [7, 11) is 0. The van der Waals surface area contributed by atoms with E-state index in [4.69, 9.17) is 5.11 Å². The highest BCUT2D eigenvalue weighted by Crippen LogP contribution is 2.34. The maximum absolute atomic E-state index is 12.2. The summed E-state index contributed by atoms with van der Waals surface area (Å²) < 4.78 is 0. The first-order valence-electron chi connectivity index (χ1n) is 7.15. The van der Waals surface area contributed by atoms with Crippen LogP contribution < -0.4 is 5.32 Å². The average Bonchev–Trinajstić information content (AvgIpc) is 3.09. The number of hydrogen-bond acceptors (Lipinski definition) is 2. The summed E-state index contributed by atoms with van der Waals surface area (Å²) in [5.41, 5.74) is 0.164. The molecule has 19 heavy (non-hydrogen) atoms. The molecule has 1 aliphatic heterocycles. The van der Waals surface area contributed by atoms with Crippen LogP contribution in [0.3, 0.4) is 0 Å². The number of carboxylic acid groups (broad SMARTS) is 1. The monoisotopic (exact) mass is 268 g/mol. The minimum atomic E-state index is -0.837. The van der Waals surface area contributed by atoms with Crippen LogP contribution >= 0.6 is 0 Å². The number of carbonyl (C=O) groups is 2. The van der Waals surface area contributed by atoms with Crippen LogP contribution in [0, 0.1) is 11.3 Å². The largest absolute Gasteiger partial charge is 0.481 e. The summed E-state index contributed by atoms with van der Waals surface area (Å²) in [4.78, 5) is 24.9. The molecule has 1 aliphatic carbocycles. The second-order valence-electron chi connectivity index (χ2n) is 6.68. The Balaban J connectivity index is 1.89. The lowest BCUT2D eigenvalue weighted by molar-refractivity contribution is -0.137. The van der Waals surface area contributed by atoms with E-state index >= 15 is 0 Å². The second kappa shape index (κ2) is 5.39. The predicted octanol–water partition coefficient (Wildman–Crippen LogP) is 2.07. The maximum atomic E-state index is 12.2. The lowest BCUT2D eigenvalue weighted by Crippen LogP contribution is -2.51. The van der Waals surface area contributed by atoms with E-state index in [1.807, 2.05) is 4.90 Å². The van der Waals surface area contributed by atoms with Gasteiger partial charge in [-0.05, 0) is 37.0 Å². The van der Waals surface area contributed by atoms with Gasteiger partial charge in [0.05, 0.1) is 6.42 Å². The Hall–Kier alpha value is -1.26. The highest BCUT2D eigenvalue weighted by molar-refractivity contribution is 5.76. The average molecular weight is 268 g/mol. The molecule has 1 unspecified atom stereocenters. The van der Waals surface area contributed by atoms with Gasteiger partial charge >= 0.3 is 12.0 Å². The molecule has 2 N–H and O–H groups in total. The van der Waals surface area contributed by atoms with E-state index in [9.17, 15) is 9.59 Å². The van der Waals surface area contributed by atoms with Gasteiger partial charge in [-0.1, -0.05) is 13.8 Å². The molecule has 108 valence electrons. The van der Waals surface area contributed by atoms with Gasteiger partial charge in [-0.2, -0.15) is 0 Å². The molecule has 0 aromatic carbocycles. The van der Waals surface area contributed by atoms with Gasteiger partial charge in [0.25, 0.3) is 0 Å². The first kappa shape index (κ1) is 14.2. The third kappa shape index (κ3) is 4.11. The molecule has 1 heterocycles.